The molecule has 0 heterocycles. The van der Waals surface area contributed by atoms with Crippen molar-refractivity contribution in [3.8, 4) is 11.5 Å². The van der Waals surface area contributed by atoms with Gasteiger partial charge in [-0.1, -0.05) is 12.1 Å². The van der Waals surface area contributed by atoms with Crippen molar-refractivity contribution >= 4 is 23.5 Å². The maximum Gasteiger partial charge on any atom is 0.342 e. The second kappa shape index (κ2) is 7.77. The topological polar surface area (TPSA) is 125 Å². The predicted molar refractivity (Wildman–Crippen MR) is 95.6 cm³/mol. The normalized spacial score (nSPS) is 12.9. The third-order valence-corrected chi connectivity index (χ3v) is 3.89. The lowest BCUT2D eigenvalue weighted by Gasteiger charge is -2.11. The standard InChI is InChI=1S/C19H18N2O6/c22-12-7-8-14(16(23)9-12)19(26)27-10-17(24)21-15-4-2-1-3-13(15)18(25)20-11-5-6-11/h1-4,7-9,11,22-23H,5-6,10H2,(H,20,25)(H,21,24). The van der Waals surface area contributed by atoms with E-state index in [2.05, 4.69) is 10.6 Å². The zero-order valence-corrected chi connectivity index (χ0v) is 14.3. The van der Waals surface area contributed by atoms with Crippen molar-refractivity contribution in [1.29, 1.82) is 0 Å². The second-order valence-electron chi connectivity index (χ2n) is 6.12. The molecule has 2 aromatic rings. The average Bonchev–Trinajstić information content (AvgIpc) is 3.44. The van der Waals surface area contributed by atoms with Crippen molar-refractivity contribution in [3.63, 3.8) is 0 Å². The molecule has 0 saturated heterocycles. The third kappa shape index (κ3) is 4.75. The number of para-hydroxylation sites is 1. The van der Waals surface area contributed by atoms with Crippen LogP contribution in [-0.2, 0) is 9.53 Å². The highest BCUT2D eigenvalue weighted by molar-refractivity contribution is 6.04. The molecule has 1 saturated carbocycles. The molecule has 1 aliphatic rings. The van der Waals surface area contributed by atoms with Gasteiger partial charge in [0.1, 0.15) is 17.1 Å². The molecule has 1 aliphatic carbocycles. The van der Waals surface area contributed by atoms with Crippen LogP contribution in [0.25, 0.3) is 0 Å². The van der Waals surface area contributed by atoms with Crippen molar-refractivity contribution in [2.45, 2.75) is 18.9 Å². The minimum Gasteiger partial charge on any atom is -0.508 e. The number of esters is 1. The molecule has 8 nitrogen and oxygen atoms in total. The van der Waals surface area contributed by atoms with Crippen molar-refractivity contribution in [2.24, 2.45) is 0 Å². The molecule has 0 bridgehead atoms. The molecule has 2 amide bonds. The first-order valence-electron chi connectivity index (χ1n) is 8.33. The van der Waals surface area contributed by atoms with Gasteiger partial charge in [0.05, 0.1) is 11.3 Å². The number of hydrogen-bond acceptors (Lipinski definition) is 6. The highest BCUT2D eigenvalue weighted by Gasteiger charge is 2.25. The lowest BCUT2D eigenvalue weighted by Crippen LogP contribution is -2.28. The van der Waals surface area contributed by atoms with Gasteiger partial charge in [-0.15, -0.1) is 0 Å². The Kier molecular flexibility index (Phi) is 5.25. The summed E-state index contributed by atoms with van der Waals surface area (Å²) in [5.41, 5.74) is 0.453. The first-order chi connectivity index (χ1) is 12.9. The number of nitrogens with one attached hydrogen (secondary N) is 2. The van der Waals surface area contributed by atoms with Gasteiger partial charge in [0.25, 0.3) is 11.8 Å². The summed E-state index contributed by atoms with van der Waals surface area (Å²) in [7, 11) is 0. The van der Waals surface area contributed by atoms with Crippen molar-refractivity contribution < 1.29 is 29.3 Å². The molecule has 0 spiro atoms. The molecule has 8 heteroatoms. The minimum absolute atomic E-state index is 0.176. The average molecular weight is 370 g/mol. The summed E-state index contributed by atoms with van der Waals surface area (Å²) < 4.78 is 4.86. The molecule has 0 aliphatic heterocycles. The van der Waals surface area contributed by atoms with E-state index in [1.54, 1.807) is 24.3 Å². The molecule has 140 valence electrons. The van der Waals surface area contributed by atoms with E-state index in [9.17, 15) is 24.6 Å². The van der Waals surface area contributed by atoms with Crippen LogP contribution in [0, 0.1) is 0 Å². The molecule has 0 radical (unpaired) electrons. The summed E-state index contributed by atoms with van der Waals surface area (Å²) in [6, 6.07) is 10.1. The monoisotopic (exact) mass is 370 g/mol. The van der Waals surface area contributed by atoms with E-state index < -0.39 is 24.2 Å². The van der Waals surface area contributed by atoms with Crippen LogP contribution >= 0.6 is 0 Å². The third-order valence-electron chi connectivity index (χ3n) is 3.89. The number of carbonyl (C=O) groups is 3. The largest absolute Gasteiger partial charge is 0.508 e. The van der Waals surface area contributed by atoms with Crippen LogP contribution in [-0.4, -0.2) is 40.6 Å². The van der Waals surface area contributed by atoms with Gasteiger partial charge < -0.3 is 25.6 Å². The Hall–Kier alpha value is -3.55. The van der Waals surface area contributed by atoms with Gasteiger partial charge in [0, 0.05) is 12.1 Å². The Morgan fingerprint density at radius 1 is 1.04 bits per heavy atom. The lowest BCUT2D eigenvalue weighted by molar-refractivity contribution is -0.119. The Labute approximate surface area is 154 Å². The number of phenolic OH excluding ortho intramolecular Hbond substituents is 2. The van der Waals surface area contributed by atoms with E-state index in [0.29, 0.717) is 11.3 Å². The minimum atomic E-state index is -0.914. The molecule has 3 rings (SSSR count). The molecule has 1 fully saturated rings. The number of benzene rings is 2. The Bertz CT molecular complexity index is 892. The highest BCUT2D eigenvalue weighted by atomic mass is 16.5. The predicted octanol–water partition coefficient (Wildman–Crippen LogP) is 1.79. The number of anilines is 1. The summed E-state index contributed by atoms with van der Waals surface area (Å²) >= 11 is 0. The second-order valence-corrected chi connectivity index (χ2v) is 6.12. The van der Waals surface area contributed by atoms with Crippen LogP contribution in [0.3, 0.4) is 0 Å². The smallest absolute Gasteiger partial charge is 0.342 e. The Morgan fingerprint density at radius 2 is 1.78 bits per heavy atom. The van der Waals surface area contributed by atoms with Crippen molar-refractivity contribution in [2.75, 3.05) is 11.9 Å². The zero-order valence-electron chi connectivity index (χ0n) is 14.3. The van der Waals surface area contributed by atoms with Crippen LogP contribution in [0.4, 0.5) is 5.69 Å². The highest BCUT2D eigenvalue weighted by Crippen LogP contribution is 2.23. The lowest BCUT2D eigenvalue weighted by atomic mass is 10.1. The van der Waals surface area contributed by atoms with E-state index >= 15 is 0 Å². The fourth-order valence-corrected chi connectivity index (χ4v) is 2.37. The van der Waals surface area contributed by atoms with Gasteiger partial charge >= 0.3 is 5.97 Å². The molecule has 27 heavy (non-hydrogen) atoms. The SMILES string of the molecule is O=C(COC(=O)c1ccc(O)cc1O)Nc1ccccc1C(=O)NC1CC1. The maximum atomic E-state index is 12.2. The molecule has 0 aromatic heterocycles. The number of carbonyl (C=O) groups excluding carboxylic acids is 3. The van der Waals surface area contributed by atoms with Crippen molar-refractivity contribution in [3.05, 3.63) is 53.6 Å². The molecule has 0 unspecified atom stereocenters. The van der Waals surface area contributed by atoms with Crippen molar-refractivity contribution in [1.82, 2.24) is 5.32 Å². The first kappa shape index (κ1) is 18.2. The zero-order chi connectivity index (χ0) is 19.4. The summed E-state index contributed by atoms with van der Waals surface area (Å²) in [6.07, 6.45) is 1.89. The van der Waals surface area contributed by atoms with E-state index in [1.807, 2.05) is 0 Å². The van der Waals surface area contributed by atoms with E-state index in [1.165, 1.54) is 12.1 Å². The summed E-state index contributed by atoms with van der Waals surface area (Å²) in [5, 5.41) is 24.2. The number of rotatable bonds is 6. The summed E-state index contributed by atoms with van der Waals surface area (Å²) in [5.74, 6) is -2.49. The van der Waals surface area contributed by atoms with Gasteiger partial charge in [0.2, 0.25) is 0 Å². The fraction of sp³-hybridized carbons (Fsp3) is 0.211. The van der Waals surface area contributed by atoms with Gasteiger partial charge in [-0.3, -0.25) is 9.59 Å². The quantitative estimate of drug-likeness (QED) is 0.575. The summed E-state index contributed by atoms with van der Waals surface area (Å²) in [4.78, 5) is 36.2. The fourth-order valence-electron chi connectivity index (χ4n) is 2.37. The van der Waals surface area contributed by atoms with E-state index in [0.717, 1.165) is 18.9 Å². The molecular formula is C19H18N2O6. The van der Waals surface area contributed by atoms with Crippen LogP contribution in [0.5, 0.6) is 11.5 Å². The van der Waals surface area contributed by atoms with E-state index in [4.69, 9.17) is 4.74 Å². The molecule has 2 aromatic carbocycles. The Morgan fingerprint density at radius 3 is 2.48 bits per heavy atom. The Balaban J connectivity index is 1.59. The number of aromatic hydroxyl groups is 2. The van der Waals surface area contributed by atoms with E-state index in [-0.39, 0.29) is 23.3 Å². The molecular weight excluding hydrogens is 352 g/mol. The van der Waals surface area contributed by atoms with Crippen LogP contribution in [0.1, 0.15) is 33.6 Å². The maximum absolute atomic E-state index is 12.2. The number of phenols is 2. The number of ether oxygens (including phenoxy) is 1. The molecule has 4 N–H and O–H groups in total. The van der Waals surface area contributed by atoms with Gasteiger partial charge in [0.15, 0.2) is 6.61 Å². The number of amides is 2. The van der Waals surface area contributed by atoms with Crippen LogP contribution in [0.2, 0.25) is 0 Å². The van der Waals surface area contributed by atoms with Crippen LogP contribution < -0.4 is 10.6 Å². The first-order valence-corrected chi connectivity index (χ1v) is 8.33. The summed E-state index contributed by atoms with van der Waals surface area (Å²) in [6.45, 7) is -0.599. The molecule has 0 atom stereocenters. The van der Waals surface area contributed by atoms with Gasteiger partial charge in [-0.2, -0.15) is 0 Å². The van der Waals surface area contributed by atoms with Gasteiger partial charge in [-0.25, -0.2) is 4.79 Å². The van der Waals surface area contributed by atoms with Crippen LogP contribution in [0.15, 0.2) is 42.5 Å². The van der Waals surface area contributed by atoms with Gasteiger partial charge in [-0.05, 0) is 37.1 Å². The number of hydrogen-bond donors (Lipinski definition) is 4.